The summed E-state index contributed by atoms with van der Waals surface area (Å²) >= 11 is 4.33. The van der Waals surface area contributed by atoms with Crippen LogP contribution in [0.5, 0.6) is 0 Å². The molecule has 0 aromatic heterocycles. The van der Waals surface area contributed by atoms with Crippen molar-refractivity contribution in [2.24, 2.45) is 0 Å². The van der Waals surface area contributed by atoms with Crippen LogP contribution in [0.4, 0.5) is 21.5 Å². The molecule has 0 radical (unpaired) electrons. The van der Waals surface area contributed by atoms with E-state index in [-0.39, 0.29) is 28.4 Å². The fourth-order valence-electron chi connectivity index (χ4n) is 2.06. The van der Waals surface area contributed by atoms with Crippen LogP contribution in [0.25, 0.3) is 4.85 Å². The Morgan fingerprint density at radius 2 is 1.86 bits per heavy atom. The summed E-state index contributed by atoms with van der Waals surface area (Å²) in [6, 6.07) is 10.7. The first-order chi connectivity index (χ1) is 13.2. The first-order valence-electron chi connectivity index (χ1n) is 8.04. The largest absolute Gasteiger partial charge is 0.379 e. The van der Waals surface area contributed by atoms with Crippen molar-refractivity contribution in [2.75, 3.05) is 21.7 Å². The number of nitrogens with one attached hydrogen (secondary N) is 2. The molecule has 2 aromatic rings. The van der Waals surface area contributed by atoms with Gasteiger partial charge in [-0.25, -0.2) is 9.24 Å². The summed E-state index contributed by atoms with van der Waals surface area (Å²) in [7, 11) is 0. The predicted molar refractivity (Wildman–Crippen MR) is 112 cm³/mol. The van der Waals surface area contributed by atoms with Crippen molar-refractivity contribution < 1.29 is 19.1 Å². The average molecular weight is 466 g/mol. The quantitative estimate of drug-likeness (QED) is 0.325. The number of aliphatic hydroxyl groups is 1. The number of hydrogen-bond donors (Lipinski definition) is 3. The van der Waals surface area contributed by atoms with Crippen molar-refractivity contribution in [1.29, 1.82) is 0 Å². The van der Waals surface area contributed by atoms with Crippen LogP contribution >= 0.6 is 27.7 Å². The number of benzene rings is 2. The SMILES string of the molecule is [C-]#[N+]c1ccc(NC(=O)[C@@](C)(O)CSc2ccc(NC(=O)CBr)cc2)cc1F. The highest BCUT2D eigenvalue weighted by Gasteiger charge is 2.30. The zero-order valence-electron chi connectivity index (χ0n) is 14.8. The number of nitrogens with zero attached hydrogens (tertiary/aromatic N) is 1. The molecule has 28 heavy (non-hydrogen) atoms. The molecule has 0 aliphatic heterocycles. The Bertz CT molecular complexity index is 914. The van der Waals surface area contributed by atoms with Gasteiger partial charge in [0.1, 0.15) is 11.4 Å². The lowest BCUT2D eigenvalue weighted by atomic mass is 10.1. The lowest BCUT2D eigenvalue weighted by Gasteiger charge is -2.22. The van der Waals surface area contributed by atoms with Crippen LogP contribution in [-0.2, 0) is 9.59 Å². The van der Waals surface area contributed by atoms with Gasteiger partial charge in [-0.3, -0.25) is 9.59 Å². The van der Waals surface area contributed by atoms with Gasteiger partial charge in [0.05, 0.1) is 11.9 Å². The fraction of sp³-hybridized carbons (Fsp3) is 0.211. The molecule has 0 bridgehead atoms. The third kappa shape index (κ3) is 6.05. The van der Waals surface area contributed by atoms with Crippen molar-refractivity contribution in [2.45, 2.75) is 17.4 Å². The minimum Gasteiger partial charge on any atom is -0.379 e. The molecule has 0 fully saturated rings. The second-order valence-electron chi connectivity index (χ2n) is 6.00. The van der Waals surface area contributed by atoms with Crippen LogP contribution in [0, 0.1) is 12.4 Å². The molecule has 0 saturated carbocycles. The zero-order valence-corrected chi connectivity index (χ0v) is 17.2. The van der Waals surface area contributed by atoms with Gasteiger partial charge < -0.3 is 15.7 Å². The van der Waals surface area contributed by atoms with E-state index in [2.05, 4.69) is 31.4 Å². The van der Waals surface area contributed by atoms with Crippen LogP contribution in [0.15, 0.2) is 47.4 Å². The van der Waals surface area contributed by atoms with Crippen molar-refractivity contribution in [3.63, 3.8) is 0 Å². The second-order valence-corrected chi connectivity index (χ2v) is 7.61. The topological polar surface area (TPSA) is 82.8 Å². The van der Waals surface area contributed by atoms with E-state index >= 15 is 0 Å². The van der Waals surface area contributed by atoms with Gasteiger partial charge in [0.25, 0.3) is 5.91 Å². The Hall–Kier alpha value is -2.41. The van der Waals surface area contributed by atoms with E-state index in [9.17, 15) is 19.1 Å². The number of anilines is 2. The van der Waals surface area contributed by atoms with E-state index in [1.807, 2.05) is 0 Å². The van der Waals surface area contributed by atoms with Gasteiger partial charge in [0, 0.05) is 22.0 Å². The Labute approximate surface area is 174 Å². The van der Waals surface area contributed by atoms with Crippen LogP contribution in [0.2, 0.25) is 0 Å². The second kappa shape index (κ2) is 9.68. The van der Waals surface area contributed by atoms with E-state index in [1.54, 1.807) is 24.3 Å². The Balaban J connectivity index is 1.95. The van der Waals surface area contributed by atoms with E-state index < -0.39 is 17.3 Å². The van der Waals surface area contributed by atoms with Gasteiger partial charge in [-0.05, 0) is 43.3 Å². The number of rotatable bonds is 7. The number of thioether (sulfide) groups is 1. The number of amides is 2. The Morgan fingerprint density at radius 3 is 2.43 bits per heavy atom. The maximum atomic E-state index is 13.6. The first-order valence-corrected chi connectivity index (χ1v) is 10.2. The summed E-state index contributed by atoms with van der Waals surface area (Å²) in [5, 5.41) is 15.8. The maximum Gasteiger partial charge on any atom is 0.256 e. The Kier molecular flexibility index (Phi) is 7.57. The fourth-order valence-corrected chi connectivity index (χ4v) is 3.11. The predicted octanol–water partition coefficient (Wildman–Crippen LogP) is 4.19. The van der Waals surface area contributed by atoms with Crippen molar-refractivity contribution in [1.82, 2.24) is 0 Å². The molecule has 0 aliphatic carbocycles. The monoisotopic (exact) mass is 465 g/mol. The molecule has 0 spiro atoms. The van der Waals surface area contributed by atoms with Crippen LogP contribution in [-0.4, -0.2) is 33.6 Å². The maximum absolute atomic E-state index is 13.6. The van der Waals surface area contributed by atoms with Gasteiger partial charge >= 0.3 is 0 Å². The van der Waals surface area contributed by atoms with E-state index in [1.165, 1.54) is 30.8 Å². The lowest BCUT2D eigenvalue weighted by Crippen LogP contribution is -2.42. The van der Waals surface area contributed by atoms with Crippen molar-refractivity contribution in [3.05, 3.63) is 59.7 Å². The smallest absolute Gasteiger partial charge is 0.256 e. The summed E-state index contributed by atoms with van der Waals surface area (Å²) in [6.45, 7) is 8.19. The highest BCUT2D eigenvalue weighted by molar-refractivity contribution is 9.09. The molecule has 2 aromatic carbocycles. The minimum atomic E-state index is -1.71. The third-order valence-electron chi connectivity index (χ3n) is 3.59. The van der Waals surface area contributed by atoms with Gasteiger partial charge in [0.2, 0.25) is 11.6 Å². The van der Waals surface area contributed by atoms with E-state index in [0.717, 1.165) is 11.0 Å². The number of halogens is 2. The third-order valence-corrected chi connectivity index (χ3v) is 5.42. The summed E-state index contributed by atoms with van der Waals surface area (Å²) in [5.74, 6) is -1.53. The Morgan fingerprint density at radius 1 is 1.21 bits per heavy atom. The number of hydrogen-bond acceptors (Lipinski definition) is 4. The molecular formula is C19H17BrFN3O3S. The molecule has 2 rings (SSSR count). The van der Waals surface area contributed by atoms with E-state index in [0.29, 0.717) is 5.69 Å². The van der Waals surface area contributed by atoms with Crippen LogP contribution in [0.3, 0.4) is 0 Å². The number of alkyl halides is 1. The molecule has 6 nitrogen and oxygen atoms in total. The molecule has 2 amide bonds. The number of carbonyl (C=O) groups excluding carboxylic acids is 2. The highest BCUT2D eigenvalue weighted by atomic mass is 79.9. The summed E-state index contributed by atoms with van der Waals surface area (Å²) < 4.78 is 13.6. The van der Waals surface area contributed by atoms with Gasteiger partial charge in [-0.15, -0.1) is 11.8 Å². The zero-order chi connectivity index (χ0) is 20.7. The molecule has 146 valence electrons. The minimum absolute atomic E-state index is 0.0640. The van der Waals surface area contributed by atoms with Gasteiger partial charge in [0.15, 0.2) is 0 Å². The molecule has 0 heterocycles. The van der Waals surface area contributed by atoms with Gasteiger partial charge in [-0.1, -0.05) is 22.0 Å². The highest BCUT2D eigenvalue weighted by Crippen LogP contribution is 2.26. The molecule has 1 atom stereocenters. The molecular weight excluding hydrogens is 449 g/mol. The molecule has 0 saturated heterocycles. The van der Waals surface area contributed by atoms with Crippen LogP contribution < -0.4 is 10.6 Å². The molecule has 0 unspecified atom stereocenters. The molecule has 3 N–H and O–H groups in total. The van der Waals surface area contributed by atoms with Gasteiger partial charge in [-0.2, -0.15) is 0 Å². The summed E-state index contributed by atoms with van der Waals surface area (Å²) in [5.41, 5.74) is -1.05. The number of carbonyl (C=O) groups is 2. The lowest BCUT2D eigenvalue weighted by molar-refractivity contribution is -0.130. The average Bonchev–Trinajstić information content (AvgIpc) is 2.67. The summed E-state index contributed by atoms with van der Waals surface area (Å²) in [4.78, 5) is 27.5. The van der Waals surface area contributed by atoms with Crippen molar-refractivity contribution >= 4 is 56.6 Å². The molecule has 9 heteroatoms. The summed E-state index contributed by atoms with van der Waals surface area (Å²) in [6.07, 6.45) is 0. The van der Waals surface area contributed by atoms with Crippen molar-refractivity contribution in [3.8, 4) is 0 Å². The van der Waals surface area contributed by atoms with Crippen LogP contribution in [0.1, 0.15) is 6.92 Å². The first kappa shape index (κ1) is 21.9. The standard InChI is InChI=1S/C19H17BrFN3O3S/c1-19(27,18(26)24-13-5-8-16(22-2)15(21)9-13)11-28-14-6-3-12(4-7-14)23-17(25)10-20/h3-9,27H,10-11H2,1H3,(H,23,25)(H,24,26)/t19-/m0/s1. The normalized spacial score (nSPS) is 12.5. The molecule has 0 aliphatic rings. The van der Waals surface area contributed by atoms with E-state index in [4.69, 9.17) is 6.57 Å².